The van der Waals surface area contributed by atoms with Crippen LogP contribution >= 0.6 is 11.3 Å². The third-order valence-electron chi connectivity index (χ3n) is 2.77. The Bertz CT molecular complexity index is 811. The minimum Gasteiger partial charge on any atom is -0.359 e. The summed E-state index contributed by atoms with van der Waals surface area (Å²) in [5.74, 6) is -0.351. The van der Waals surface area contributed by atoms with Crippen molar-refractivity contribution in [2.75, 3.05) is 10.6 Å². The second-order valence-electron chi connectivity index (χ2n) is 4.28. The molecule has 0 aliphatic carbocycles. The lowest BCUT2D eigenvalue weighted by Gasteiger charge is -2.08. The number of nitrogens with zero attached hydrogens (tertiary/aromatic N) is 4. The number of nitrogens with one attached hydrogen (secondary N) is 2. The van der Waals surface area contributed by atoms with Crippen LogP contribution in [0.5, 0.6) is 0 Å². The zero-order valence-corrected chi connectivity index (χ0v) is 13.0. The minimum atomic E-state index is -0.351. The van der Waals surface area contributed by atoms with Gasteiger partial charge >= 0.3 is 0 Å². The Morgan fingerprint density at radius 1 is 1.30 bits per heavy atom. The number of aryl methyl sites for hydroxylation is 1. The molecule has 1 amide bonds. The van der Waals surface area contributed by atoms with Crippen LogP contribution in [0, 0.1) is 22.7 Å². The summed E-state index contributed by atoms with van der Waals surface area (Å²) < 4.78 is 0. The number of aromatic nitrogens is 2. The number of hydrogen-bond donors (Lipinski definition) is 2. The molecular weight excluding hydrogens is 312 g/mol. The van der Waals surface area contributed by atoms with Crippen molar-refractivity contribution in [3.63, 3.8) is 0 Å². The van der Waals surface area contributed by atoms with Crippen LogP contribution in [-0.2, 0) is 6.42 Å². The molecule has 7 nitrogen and oxygen atoms in total. The fraction of sp³-hybridized carbons (Fsp3) is 0.133. The first-order valence-corrected chi connectivity index (χ1v) is 7.49. The van der Waals surface area contributed by atoms with E-state index in [1.54, 1.807) is 36.4 Å². The molecule has 2 N–H and O–H groups in total. The highest BCUT2D eigenvalue weighted by Crippen LogP contribution is 2.20. The van der Waals surface area contributed by atoms with E-state index in [1.807, 2.05) is 6.92 Å². The molecule has 1 heterocycles. The lowest BCUT2D eigenvalue weighted by molar-refractivity contribution is 0.102. The highest BCUT2D eigenvalue weighted by molar-refractivity contribution is 7.15. The van der Waals surface area contributed by atoms with E-state index >= 15 is 0 Å². The summed E-state index contributed by atoms with van der Waals surface area (Å²) in [4.78, 5) is 12.4. The molecule has 1 aromatic heterocycles. The molecule has 23 heavy (non-hydrogen) atoms. The maximum Gasteiger partial charge on any atom is 0.259 e. The van der Waals surface area contributed by atoms with Crippen LogP contribution in [0.25, 0.3) is 0 Å². The van der Waals surface area contributed by atoms with E-state index in [0.717, 1.165) is 11.4 Å². The van der Waals surface area contributed by atoms with Gasteiger partial charge in [-0.3, -0.25) is 10.1 Å². The number of anilines is 2. The van der Waals surface area contributed by atoms with Gasteiger partial charge in [-0.05, 0) is 18.6 Å². The zero-order chi connectivity index (χ0) is 16.7. The Kier molecular flexibility index (Phi) is 5.40. The SMILES string of the molecule is CCc1nnc(NC(=O)c2ccccc2NC=C(C#N)C#N)s1. The number of allylic oxidation sites excluding steroid dienone is 1. The van der Waals surface area contributed by atoms with Crippen molar-refractivity contribution in [2.45, 2.75) is 13.3 Å². The van der Waals surface area contributed by atoms with Gasteiger partial charge in [0.2, 0.25) is 5.13 Å². The second-order valence-corrected chi connectivity index (χ2v) is 5.34. The van der Waals surface area contributed by atoms with Crippen LogP contribution in [0.4, 0.5) is 10.8 Å². The minimum absolute atomic E-state index is 0.0862. The van der Waals surface area contributed by atoms with Gasteiger partial charge < -0.3 is 5.32 Å². The number of amides is 1. The third kappa shape index (κ3) is 4.13. The van der Waals surface area contributed by atoms with Gasteiger partial charge in [0.15, 0.2) is 0 Å². The topological polar surface area (TPSA) is 114 Å². The highest BCUT2D eigenvalue weighted by Gasteiger charge is 2.13. The van der Waals surface area contributed by atoms with Gasteiger partial charge in [-0.2, -0.15) is 10.5 Å². The number of rotatable bonds is 5. The maximum absolute atomic E-state index is 12.4. The van der Waals surface area contributed by atoms with Gasteiger partial charge in [0.1, 0.15) is 22.7 Å². The quantitative estimate of drug-likeness (QED) is 0.817. The normalized spacial score (nSPS) is 9.35. The molecule has 0 spiro atoms. The molecule has 2 rings (SSSR count). The van der Waals surface area contributed by atoms with Gasteiger partial charge in [0.05, 0.1) is 11.3 Å². The van der Waals surface area contributed by atoms with E-state index in [4.69, 9.17) is 10.5 Å². The zero-order valence-electron chi connectivity index (χ0n) is 12.2. The lowest BCUT2D eigenvalue weighted by Crippen LogP contribution is -2.13. The summed E-state index contributed by atoms with van der Waals surface area (Å²) >= 11 is 1.31. The number of carbonyl (C=O) groups excluding carboxylic acids is 1. The highest BCUT2D eigenvalue weighted by atomic mass is 32.1. The van der Waals surface area contributed by atoms with Crippen LogP contribution in [0.2, 0.25) is 0 Å². The lowest BCUT2D eigenvalue weighted by atomic mass is 10.1. The molecule has 0 saturated carbocycles. The predicted octanol–water partition coefficient (Wildman–Crippen LogP) is 2.70. The van der Waals surface area contributed by atoms with Crippen LogP contribution in [0.1, 0.15) is 22.3 Å². The standard InChI is InChI=1S/C15H12N6OS/c1-2-13-20-21-15(23-13)19-14(22)11-5-3-4-6-12(11)18-9-10(7-16)8-17/h3-6,9,18H,2H2,1H3,(H,19,21,22). The number of nitriles is 2. The Morgan fingerprint density at radius 3 is 2.70 bits per heavy atom. The average molecular weight is 324 g/mol. The molecule has 8 heteroatoms. The molecule has 0 radical (unpaired) electrons. The van der Waals surface area contributed by atoms with Gasteiger partial charge in [0.25, 0.3) is 5.91 Å². The molecule has 0 saturated heterocycles. The molecule has 1 aromatic carbocycles. The first kappa shape index (κ1) is 16.1. The molecule has 0 aliphatic rings. The van der Waals surface area contributed by atoms with Gasteiger partial charge in [-0.25, -0.2) is 0 Å². The van der Waals surface area contributed by atoms with Crippen LogP contribution in [-0.4, -0.2) is 16.1 Å². The molecule has 2 aromatic rings. The van der Waals surface area contributed by atoms with E-state index in [2.05, 4.69) is 20.8 Å². The summed E-state index contributed by atoms with van der Waals surface area (Å²) in [5, 5.41) is 32.0. The van der Waals surface area contributed by atoms with Crippen molar-refractivity contribution in [3.05, 3.63) is 46.6 Å². The first-order valence-electron chi connectivity index (χ1n) is 6.67. The molecular formula is C15H12N6OS. The van der Waals surface area contributed by atoms with E-state index in [9.17, 15) is 4.79 Å². The van der Waals surface area contributed by atoms with E-state index < -0.39 is 0 Å². The monoisotopic (exact) mass is 324 g/mol. The molecule has 0 atom stereocenters. The Morgan fingerprint density at radius 2 is 2.04 bits per heavy atom. The van der Waals surface area contributed by atoms with Gasteiger partial charge in [-0.1, -0.05) is 30.4 Å². The average Bonchev–Trinajstić information content (AvgIpc) is 3.03. The third-order valence-corrected chi connectivity index (χ3v) is 3.76. The summed E-state index contributed by atoms with van der Waals surface area (Å²) in [5.41, 5.74) is 0.761. The Hall–Kier alpha value is -3.23. The summed E-state index contributed by atoms with van der Waals surface area (Å²) in [6.07, 6.45) is 2.01. The molecule has 0 fully saturated rings. The van der Waals surface area contributed by atoms with Crippen molar-refractivity contribution in [1.82, 2.24) is 10.2 Å². The Labute approximate surface area is 136 Å². The molecule has 114 valence electrons. The number of para-hydroxylation sites is 1. The van der Waals surface area contributed by atoms with E-state index in [1.165, 1.54) is 17.5 Å². The predicted molar refractivity (Wildman–Crippen MR) is 86.6 cm³/mol. The van der Waals surface area contributed by atoms with E-state index in [0.29, 0.717) is 16.4 Å². The maximum atomic E-state index is 12.4. The van der Waals surface area contributed by atoms with Crippen LogP contribution < -0.4 is 10.6 Å². The molecule has 0 aliphatic heterocycles. The van der Waals surface area contributed by atoms with Crippen molar-refractivity contribution in [2.24, 2.45) is 0 Å². The van der Waals surface area contributed by atoms with Crippen LogP contribution in [0.15, 0.2) is 36.0 Å². The summed E-state index contributed by atoms with van der Waals surface area (Å²) in [7, 11) is 0. The van der Waals surface area contributed by atoms with Crippen molar-refractivity contribution >= 4 is 28.1 Å². The number of hydrogen-bond acceptors (Lipinski definition) is 7. The van der Waals surface area contributed by atoms with Crippen molar-refractivity contribution in [3.8, 4) is 12.1 Å². The van der Waals surface area contributed by atoms with Crippen molar-refractivity contribution in [1.29, 1.82) is 10.5 Å². The first-order chi connectivity index (χ1) is 11.2. The fourth-order valence-electron chi connectivity index (χ4n) is 1.66. The largest absolute Gasteiger partial charge is 0.359 e. The smallest absolute Gasteiger partial charge is 0.259 e. The van der Waals surface area contributed by atoms with Crippen molar-refractivity contribution < 1.29 is 4.79 Å². The second kappa shape index (κ2) is 7.69. The van der Waals surface area contributed by atoms with E-state index in [-0.39, 0.29) is 11.5 Å². The van der Waals surface area contributed by atoms with Gasteiger partial charge in [0, 0.05) is 6.20 Å². The summed E-state index contributed by atoms with van der Waals surface area (Å²) in [6.45, 7) is 1.96. The van der Waals surface area contributed by atoms with Gasteiger partial charge in [-0.15, -0.1) is 10.2 Å². The molecule has 0 bridgehead atoms. The number of benzene rings is 1. The number of carbonyl (C=O) groups is 1. The molecule has 0 unspecified atom stereocenters. The fourth-order valence-corrected chi connectivity index (χ4v) is 2.33. The van der Waals surface area contributed by atoms with Crippen LogP contribution in [0.3, 0.4) is 0 Å². The Balaban J connectivity index is 2.19. The summed E-state index contributed by atoms with van der Waals surface area (Å²) in [6, 6.07) is 10.2.